The maximum atomic E-state index is 11.0. The first-order valence-corrected chi connectivity index (χ1v) is 8.79. The molecule has 1 N–H and O–H groups in total. The van der Waals surface area contributed by atoms with Crippen LogP contribution < -0.4 is 0 Å². The third-order valence-electron chi connectivity index (χ3n) is 3.45. The van der Waals surface area contributed by atoms with Gasteiger partial charge in [0.05, 0.1) is 10.5 Å². The van der Waals surface area contributed by atoms with E-state index in [2.05, 4.69) is 11.4 Å². The van der Waals surface area contributed by atoms with E-state index in [4.69, 9.17) is 11.6 Å². The summed E-state index contributed by atoms with van der Waals surface area (Å²) in [5, 5.41) is 15.8. The standard InChI is InChI=1S/C17H15ClOS2/c1-17(19,11-12-4-6-13(18)7-5-12)14-8-10-21-16(14)15-3-2-9-20-15/h2-10,19H,11H2,1H3. The average Bonchev–Trinajstić information content (AvgIpc) is 3.11. The molecule has 0 amide bonds. The minimum absolute atomic E-state index is 0.569. The molecular formula is C17H15ClOS2. The van der Waals surface area contributed by atoms with Crippen LogP contribution in [0.4, 0.5) is 0 Å². The van der Waals surface area contributed by atoms with Gasteiger partial charge in [0.1, 0.15) is 0 Å². The molecule has 0 spiro atoms. The van der Waals surface area contributed by atoms with E-state index in [-0.39, 0.29) is 0 Å². The fourth-order valence-electron chi connectivity index (χ4n) is 2.43. The van der Waals surface area contributed by atoms with E-state index in [0.717, 1.165) is 16.0 Å². The van der Waals surface area contributed by atoms with E-state index < -0.39 is 5.60 Å². The Morgan fingerprint density at radius 1 is 1.05 bits per heavy atom. The third-order valence-corrected chi connectivity index (χ3v) is 5.67. The predicted molar refractivity (Wildman–Crippen MR) is 92.4 cm³/mol. The molecule has 2 heterocycles. The van der Waals surface area contributed by atoms with Crippen LogP contribution in [-0.2, 0) is 12.0 Å². The summed E-state index contributed by atoms with van der Waals surface area (Å²) >= 11 is 9.29. The number of hydrogen-bond donors (Lipinski definition) is 1. The van der Waals surface area contributed by atoms with Crippen molar-refractivity contribution < 1.29 is 5.11 Å². The van der Waals surface area contributed by atoms with Crippen LogP contribution in [0, 0.1) is 0 Å². The summed E-state index contributed by atoms with van der Waals surface area (Å²) in [4.78, 5) is 2.36. The first kappa shape index (κ1) is 14.8. The molecule has 4 heteroatoms. The summed E-state index contributed by atoms with van der Waals surface area (Å²) in [6.07, 6.45) is 0.569. The Hall–Kier alpha value is -1.13. The summed E-state index contributed by atoms with van der Waals surface area (Å²) in [5.74, 6) is 0. The van der Waals surface area contributed by atoms with Crippen molar-refractivity contribution in [2.45, 2.75) is 18.9 Å². The molecule has 0 fully saturated rings. The average molecular weight is 335 g/mol. The molecule has 0 aliphatic carbocycles. The number of hydrogen-bond acceptors (Lipinski definition) is 3. The normalized spacial score (nSPS) is 14.0. The molecule has 1 unspecified atom stereocenters. The van der Waals surface area contributed by atoms with Crippen LogP contribution in [-0.4, -0.2) is 5.11 Å². The van der Waals surface area contributed by atoms with Crippen molar-refractivity contribution in [2.75, 3.05) is 0 Å². The van der Waals surface area contributed by atoms with Gasteiger partial charge in [-0.2, -0.15) is 0 Å². The predicted octanol–water partition coefficient (Wildman–Crippen LogP) is 5.58. The van der Waals surface area contributed by atoms with Gasteiger partial charge in [0, 0.05) is 21.9 Å². The van der Waals surface area contributed by atoms with E-state index >= 15 is 0 Å². The molecular weight excluding hydrogens is 320 g/mol. The minimum Gasteiger partial charge on any atom is -0.385 e. The molecule has 1 nitrogen and oxygen atoms in total. The zero-order valence-corrected chi connectivity index (χ0v) is 13.9. The van der Waals surface area contributed by atoms with Crippen LogP contribution >= 0.6 is 34.3 Å². The molecule has 0 radical (unpaired) electrons. The summed E-state index contributed by atoms with van der Waals surface area (Å²) in [6, 6.07) is 13.8. The molecule has 108 valence electrons. The van der Waals surface area contributed by atoms with Crippen molar-refractivity contribution in [1.82, 2.24) is 0 Å². The van der Waals surface area contributed by atoms with Gasteiger partial charge in [0.15, 0.2) is 0 Å². The summed E-state index contributed by atoms with van der Waals surface area (Å²) in [6.45, 7) is 1.88. The molecule has 0 aliphatic rings. The first-order chi connectivity index (χ1) is 10.1. The largest absolute Gasteiger partial charge is 0.385 e. The molecule has 3 aromatic rings. The van der Waals surface area contributed by atoms with E-state index in [1.807, 2.05) is 48.7 Å². The number of aliphatic hydroxyl groups is 1. The second-order valence-corrected chi connectivity index (χ2v) is 7.52. The van der Waals surface area contributed by atoms with Crippen LogP contribution in [0.2, 0.25) is 5.02 Å². The van der Waals surface area contributed by atoms with Gasteiger partial charge < -0.3 is 5.11 Å². The zero-order chi connectivity index (χ0) is 14.9. The van der Waals surface area contributed by atoms with Crippen molar-refractivity contribution in [2.24, 2.45) is 0 Å². The zero-order valence-electron chi connectivity index (χ0n) is 11.5. The number of halogens is 1. The highest BCUT2D eigenvalue weighted by Gasteiger charge is 2.28. The fraction of sp³-hybridized carbons (Fsp3) is 0.176. The Morgan fingerprint density at radius 3 is 2.48 bits per heavy atom. The molecule has 0 aliphatic heterocycles. The van der Waals surface area contributed by atoms with Gasteiger partial charge >= 0.3 is 0 Å². The fourth-order valence-corrected chi connectivity index (χ4v) is 4.46. The lowest BCUT2D eigenvalue weighted by atomic mass is 9.89. The molecule has 2 aromatic heterocycles. The highest BCUT2D eigenvalue weighted by Crippen LogP contribution is 2.39. The smallest absolute Gasteiger partial charge is 0.0923 e. The molecule has 1 aromatic carbocycles. The SMILES string of the molecule is CC(O)(Cc1ccc(Cl)cc1)c1ccsc1-c1cccs1. The molecule has 0 saturated carbocycles. The topological polar surface area (TPSA) is 20.2 Å². The lowest BCUT2D eigenvalue weighted by Gasteiger charge is -2.24. The second-order valence-electron chi connectivity index (χ2n) is 5.22. The molecule has 1 atom stereocenters. The third kappa shape index (κ3) is 3.22. The van der Waals surface area contributed by atoms with E-state index in [0.29, 0.717) is 11.4 Å². The van der Waals surface area contributed by atoms with Gasteiger partial charge in [-0.05, 0) is 47.5 Å². The second kappa shape index (κ2) is 5.93. The molecule has 21 heavy (non-hydrogen) atoms. The van der Waals surface area contributed by atoms with E-state index in [1.165, 1.54) is 4.88 Å². The summed E-state index contributed by atoms with van der Waals surface area (Å²) < 4.78 is 0. The van der Waals surface area contributed by atoms with Gasteiger partial charge in [0.25, 0.3) is 0 Å². The molecule has 0 saturated heterocycles. The van der Waals surface area contributed by atoms with E-state index in [9.17, 15) is 5.11 Å². The minimum atomic E-state index is -0.896. The van der Waals surface area contributed by atoms with Crippen molar-refractivity contribution >= 4 is 34.3 Å². The van der Waals surface area contributed by atoms with Gasteiger partial charge in [-0.1, -0.05) is 29.8 Å². The summed E-state index contributed by atoms with van der Waals surface area (Å²) in [5.41, 5.74) is 1.17. The highest BCUT2D eigenvalue weighted by molar-refractivity contribution is 7.20. The monoisotopic (exact) mass is 334 g/mol. The van der Waals surface area contributed by atoms with E-state index in [1.54, 1.807) is 22.7 Å². The van der Waals surface area contributed by atoms with Gasteiger partial charge in [-0.3, -0.25) is 0 Å². The van der Waals surface area contributed by atoms with Crippen molar-refractivity contribution in [3.63, 3.8) is 0 Å². The van der Waals surface area contributed by atoms with Crippen molar-refractivity contribution in [1.29, 1.82) is 0 Å². The maximum absolute atomic E-state index is 11.0. The Morgan fingerprint density at radius 2 is 1.81 bits per heavy atom. The van der Waals surface area contributed by atoms with Crippen LogP contribution in [0.5, 0.6) is 0 Å². The Bertz CT molecular complexity index is 712. The number of thiophene rings is 2. The van der Waals surface area contributed by atoms with Crippen LogP contribution in [0.25, 0.3) is 9.75 Å². The van der Waals surface area contributed by atoms with Gasteiger partial charge in [-0.15, -0.1) is 22.7 Å². The van der Waals surface area contributed by atoms with Gasteiger partial charge in [0.2, 0.25) is 0 Å². The van der Waals surface area contributed by atoms with Crippen LogP contribution in [0.3, 0.4) is 0 Å². The number of benzene rings is 1. The molecule has 3 rings (SSSR count). The first-order valence-electron chi connectivity index (χ1n) is 6.65. The summed E-state index contributed by atoms with van der Waals surface area (Å²) in [7, 11) is 0. The Labute approximate surface area is 137 Å². The Balaban J connectivity index is 1.92. The molecule has 0 bridgehead atoms. The van der Waals surface area contributed by atoms with Crippen molar-refractivity contribution in [3.8, 4) is 9.75 Å². The van der Waals surface area contributed by atoms with Crippen LogP contribution in [0.15, 0.2) is 53.2 Å². The number of rotatable bonds is 4. The van der Waals surface area contributed by atoms with Crippen LogP contribution in [0.1, 0.15) is 18.1 Å². The quantitative estimate of drug-likeness (QED) is 0.660. The lowest BCUT2D eigenvalue weighted by molar-refractivity contribution is 0.0586. The maximum Gasteiger partial charge on any atom is 0.0923 e. The van der Waals surface area contributed by atoms with Crippen molar-refractivity contribution in [3.05, 3.63) is 69.4 Å². The highest BCUT2D eigenvalue weighted by atomic mass is 35.5. The Kier molecular flexibility index (Phi) is 4.18. The van der Waals surface area contributed by atoms with Gasteiger partial charge in [-0.25, -0.2) is 0 Å². The lowest BCUT2D eigenvalue weighted by Crippen LogP contribution is -2.24.